The molecule has 0 heterocycles. The van der Waals surface area contributed by atoms with Crippen LogP contribution in [0.15, 0.2) is 12.7 Å². The zero-order valence-corrected chi connectivity index (χ0v) is 7.78. The number of rotatable bonds is 5. The van der Waals surface area contributed by atoms with Gasteiger partial charge in [-0.15, -0.1) is 6.58 Å². The maximum absolute atomic E-state index is 10.8. The third kappa shape index (κ3) is 2.31. The largest absolute Gasteiger partial charge is 0.481 e. The van der Waals surface area contributed by atoms with Gasteiger partial charge in [0.15, 0.2) is 0 Å². The van der Waals surface area contributed by atoms with Crippen molar-refractivity contribution in [2.45, 2.75) is 20.3 Å². The second-order valence-corrected chi connectivity index (χ2v) is 3.28. The van der Waals surface area contributed by atoms with Crippen molar-refractivity contribution >= 4 is 11.9 Å². The summed E-state index contributed by atoms with van der Waals surface area (Å²) in [5.41, 5.74) is -1.27. The number of carboxylic acid groups (broad SMARTS) is 2. The topological polar surface area (TPSA) is 74.6 Å². The predicted octanol–water partition coefficient (Wildman–Crippen LogP) is 1.37. The number of carbonyl (C=O) groups is 2. The van der Waals surface area contributed by atoms with E-state index in [-0.39, 0.29) is 6.42 Å². The van der Waals surface area contributed by atoms with Gasteiger partial charge >= 0.3 is 11.9 Å². The van der Waals surface area contributed by atoms with E-state index in [0.717, 1.165) is 0 Å². The molecule has 0 aromatic rings. The van der Waals surface area contributed by atoms with Crippen LogP contribution in [0.2, 0.25) is 0 Å². The number of hydrogen-bond acceptors (Lipinski definition) is 2. The molecule has 0 aromatic heterocycles. The standard InChI is InChI=1S/C9H14O4/c1-4-5-9(3,8(12)13)6(2)7(10)11/h4,6H,1,5H2,2-3H3,(H,10,11)(H,12,13). The Balaban J connectivity index is 4.87. The lowest BCUT2D eigenvalue weighted by Gasteiger charge is -2.27. The molecule has 0 saturated heterocycles. The molecular weight excluding hydrogens is 172 g/mol. The van der Waals surface area contributed by atoms with Gasteiger partial charge < -0.3 is 10.2 Å². The minimum Gasteiger partial charge on any atom is -0.481 e. The molecule has 13 heavy (non-hydrogen) atoms. The van der Waals surface area contributed by atoms with Gasteiger partial charge in [0, 0.05) is 0 Å². The molecule has 2 N–H and O–H groups in total. The average Bonchev–Trinajstić information content (AvgIpc) is 2.02. The molecule has 0 rings (SSSR count). The first-order valence-corrected chi connectivity index (χ1v) is 3.93. The second-order valence-electron chi connectivity index (χ2n) is 3.28. The molecule has 0 aromatic carbocycles. The molecule has 0 aliphatic heterocycles. The van der Waals surface area contributed by atoms with Crippen molar-refractivity contribution in [2.24, 2.45) is 11.3 Å². The van der Waals surface area contributed by atoms with Gasteiger partial charge in [0.05, 0.1) is 11.3 Å². The molecule has 0 radical (unpaired) electrons. The van der Waals surface area contributed by atoms with Gasteiger partial charge in [-0.3, -0.25) is 9.59 Å². The Morgan fingerprint density at radius 3 is 2.23 bits per heavy atom. The van der Waals surface area contributed by atoms with E-state index in [2.05, 4.69) is 6.58 Å². The fourth-order valence-electron chi connectivity index (χ4n) is 1.02. The molecule has 0 aliphatic rings. The lowest BCUT2D eigenvalue weighted by Crippen LogP contribution is -2.38. The fourth-order valence-corrected chi connectivity index (χ4v) is 1.02. The van der Waals surface area contributed by atoms with Gasteiger partial charge in [0.1, 0.15) is 0 Å². The van der Waals surface area contributed by atoms with Gasteiger partial charge in [-0.25, -0.2) is 0 Å². The highest BCUT2D eigenvalue weighted by atomic mass is 16.4. The van der Waals surface area contributed by atoms with E-state index < -0.39 is 23.3 Å². The SMILES string of the molecule is C=CCC(C)(C(=O)O)C(C)C(=O)O. The summed E-state index contributed by atoms with van der Waals surface area (Å²) in [6.45, 7) is 6.21. The Kier molecular flexibility index (Phi) is 3.66. The highest BCUT2D eigenvalue weighted by Crippen LogP contribution is 2.32. The monoisotopic (exact) mass is 186 g/mol. The van der Waals surface area contributed by atoms with Crippen LogP contribution in [-0.2, 0) is 9.59 Å². The molecule has 0 amide bonds. The maximum Gasteiger partial charge on any atom is 0.310 e. The number of carboxylic acids is 2. The van der Waals surface area contributed by atoms with E-state index in [9.17, 15) is 9.59 Å². The Hall–Kier alpha value is -1.32. The van der Waals surface area contributed by atoms with Crippen molar-refractivity contribution < 1.29 is 19.8 Å². The molecule has 2 unspecified atom stereocenters. The van der Waals surface area contributed by atoms with Crippen molar-refractivity contribution in [2.75, 3.05) is 0 Å². The van der Waals surface area contributed by atoms with Crippen LogP contribution in [0.3, 0.4) is 0 Å². The molecular formula is C9H14O4. The van der Waals surface area contributed by atoms with E-state index in [1.165, 1.54) is 19.9 Å². The van der Waals surface area contributed by atoms with Crippen LogP contribution in [0.5, 0.6) is 0 Å². The molecule has 4 heteroatoms. The Morgan fingerprint density at radius 1 is 1.54 bits per heavy atom. The first-order chi connectivity index (χ1) is 5.86. The minimum atomic E-state index is -1.27. The van der Waals surface area contributed by atoms with Crippen LogP contribution in [0.1, 0.15) is 20.3 Å². The summed E-state index contributed by atoms with van der Waals surface area (Å²) < 4.78 is 0. The summed E-state index contributed by atoms with van der Waals surface area (Å²) in [6, 6.07) is 0. The molecule has 0 bridgehead atoms. The van der Waals surface area contributed by atoms with Crippen LogP contribution in [0.4, 0.5) is 0 Å². The van der Waals surface area contributed by atoms with E-state index in [0.29, 0.717) is 0 Å². The zero-order valence-electron chi connectivity index (χ0n) is 7.78. The fraction of sp³-hybridized carbons (Fsp3) is 0.556. The smallest absolute Gasteiger partial charge is 0.310 e. The van der Waals surface area contributed by atoms with Crippen LogP contribution in [-0.4, -0.2) is 22.2 Å². The van der Waals surface area contributed by atoms with E-state index in [4.69, 9.17) is 10.2 Å². The summed E-state index contributed by atoms with van der Waals surface area (Å²) in [7, 11) is 0. The second kappa shape index (κ2) is 4.07. The molecule has 0 spiro atoms. The Bertz CT molecular complexity index is 234. The molecule has 0 saturated carbocycles. The highest BCUT2D eigenvalue weighted by molar-refractivity contribution is 5.82. The molecule has 0 aliphatic carbocycles. The Morgan fingerprint density at radius 2 is 2.00 bits per heavy atom. The first-order valence-electron chi connectivity index (χ1n) is 3.93. The summed E-state index contributed by atoms with van der Waals surface area (Å²) in [5.74, 6) is -3.14. The van der Waals surface area contributed by atoms with Gasteiger partial charge in [0.2, 0.25) is 0 Å². The summed E-state index contributed by atoms with van der Waals surface area (Å²) in [4.78, 5) is 21.5. The number of aliphatic carboxylic acids is 2. The molecule has 4 nitrogen and oxygen atoms in total. The van der Waals surface area contributed by atoms with Crippen molar-refractivity contribution in [3.63, 3.8) is 0 Å². The lowest BCUT2D eigenvalue weighted by atomic mass is 9.75. The normalized spacial score (nSPS) is 17.1. The molecule has 74 valence electrons. The van der Waals surface area contributed by atoms with Gasteiger partial charge in [-0.05, 0) is 13.3 Å². The molecule has 2 atom stereocenters. The van der Waals surface area contributed by atoms with Gasteiger partial charge in [-0.1, -0.05) is 13.0 Å². The van der Waals surface area contributed by atoms with Crippen molar-refractivity contribution in [3.8, 4) is 0 Å². The summed E-state index contributed by atoms with van der Waals surface area (Å²) >= 11 is 0. The van der Waals surface area contributed by atoms with Gasteiger partial charge in [-0.2, -0.15) is 0 Å². The van der Waals surface area contributed by atoms with Crippen LogP contribution >= 0.6 is 0 Å². The maximum atomic E-state index is 10.8. The van der Waals surface area contributed by atoms with E-state index in [1.807, 2.05) is 0 Å². The number of allylic oxidation sites excluding steroid dienone is 1. The quantitative estimate of drug-likeness (QED) is 0.636. The predicted molar refractivity (Wildman–Crippen MR) is 47.4 cm³/mol. The van der Waals surface area contributed by atoms with Crippen molar-refractivity contribution in [3.05, 3.63) is 12.7 Å². The van der Waals surface area contributed by atoms with Crippen molar-refractivity contribution in [1.82, 2.24) is 0 Å². The Labute approximate surface area is 76.9 Å². The average molecular weight is 186 g/mol. The molecule has 0 fully saturated rings. The van der Waals surface area contributed by atoms with Crippen LogP contribution in [0.25, 0.3) is 0 Å². The minimum absolute atomic E-state index is 0.149. The summed E-state index contributed by atoms with van der Waals surface area (Å²) in [6.07, 6.45) is 1.57. The highest BCUT2D eigenvalue weighted by Gasteiger charge is 2.41. The lowest BCUT2D eigenvalue weighted by molar-refractivity contribution is -0.160. The number of hydrogen-bond donors (Lipinski definition) is 2. The van der Waals surface area contributed by atoms with Crippen molar-refractivity contribution in [1.29, 1.82) is 0 Å². The third-order valence-electron chi connectivity index (χ3n) is 2.38. The zero-order chi connectivity index (χ0) is 10.6. The third-order valence-corrected chi connectivity index (χ3v) is 2.38. The van der Waals surface area contributed by atoms with E-state index >= 15 is 0 Å². The van der Waals surface area contributed by atoms with Crippen LogP contribution < -0.4 is 0 Å². The van der Waals surface area contributed by atoms with Crippen LogP contribution in [0, 0.1) is 11.3 Å². The van der Waals surface area contributed by atoms with E-state index in [1.54, 1.807) is 0 Å². The first kappa shape index (κ1) is 11.7. The summed E-state index contributed by atoms with van der Waals surface area (Å²) in [5, 5.41) is 17.6. The van der Waals surface area contributed by atoms with Gasteiger partial charge in [0.25, 0.3) is 0 Å².